The van der Waals surface area contributed by atoms with Crippen LogP contribution in [0.3, 0.4) is 0 Å². The summed E-state index contributed by atoms with van der Waals surface area (Å²) in [6.45, 7) is 2.72. The highest BCUT2D eigenvalue weighted by Crippen LogP contribution is 2.17. The Morgan fingerprint density at radius 3 is 2.50 bits per heavy atom. The van der Waals surface area contributed by atoms with Crippen LogP contribution < -0.4 is 5.32 Å². The van der Waals surface area contributed by atoms with Gasteiger partial charge in [0.05, 0.1) is 6.54 Å². The molecule has 2 heterocycles. The molecule has 1 fully saturated rings. The quantitative estimate of drug-likeness (QED) is 0.643. The summed E-state index contributed by atoms with van der Waals surface area (Å²) >= 11 is 0. The number of alkyl halides is 3. The second-order valence-corrected chi connectivity index (χ2v) is 4.63. The summed E-state index contributed by atoms with van der Waals surface area (Å²) in [5.74, 6) is -2.28. The van der Waals surface area contributed by atoms with E-state index in [1.165, 1.54) is 6.20 Å². The van der Waals surface area contributed by atoms with Gasteiger partial charge >= 0.3 is 18.1 Å². The molecule has 11 heteroatoms. The number of hydrogen-bond acceptors (Lipinski definition) is 5. The fourth-order valence-electron chi connectivity index (χ4n) is 1.96. The number of nitrogens with zero attached hydrogens (tertiary/aromatic N) is 3. The van der Waals surface area contributed by atoms with Crippen LogP contribution in [0.5, 0.6) is 0 Å². The highest BCUT2D eigenvalue weighted by Gasteiger charge is 2.38. The normalized spacial score (nSPS) is 15.8. The lowest BCUT2D eigenvalue weighted by molar-refractivity contribution is -0.396. The number of carbonyl (C=O) groups is 1. The number of nitro groups is 1. The molecule has 0 bridgehead atoms. The molecule has 2 rings (SSSR count). The van der Waals surface area contributed by atoms with Gasteiger partial charge in [0, 0.05) is 0 Å². The van der Waals surface area contributed by atoms with E-state index in [0.717, 1.165) is 25.9 Å². The Bertz CT molecular complexity index is 512. The van der Waals surface area contributed by atoms with Gasteiger partial charge in [-0.2, -0.15) is 13.2 Å². The van der Waals surface area contributed by atoms with Crippen LogP contribution in [0.25, 0.3) is 0 Å². The van der Waals surface area contributed by atoms with Gasteiger partial charge in [-0.3, -0.25) is 0 Å². The van der Waals surface area contributed by atoms with Crippen LogP contribution in [0.4, 0.5) is 19.1 Å². The van der Waals surface area contributed by atoms with Crippen molar-refractivity contribution in [2.75, 3.05) is 13.1 Å². The maximum absolute atomic E-state index is 10.6. The summed E-state index contributed by atoms with van der Waals surface area (Å²) in [6.07, 6.45) is 0.240. The summed E-state index contributed by atoms with van der Waals surface area (Å²) in [5.41, 5.74) is 0. The van der Waals surface area contributed by atoms with Crippen molar-refractivity contribution in [2.45, 2.75) is 25.6 Å². The Morgan fingerprint density at radius 1 is 1.50 bits per heavy atom. The maximum atomic E-state index is 10.6. The Balaban J connectivity index is 0.000000295. The van der Waals surface area contributed by atoms with Crippen LogP contribution in [-0.4, -0.2) is 44.8 Å². The van der Waals surface area contributed by atoms with Crippen LogP contribution in [0, 0.1) is 16.0 Å². The first kappa shape index (κ1) is 17.9. The minimum Gasteiger partial charge on any atom is -0.475 e. The first-order chi connectivity index (χ1) is 10.2. The summed E-state index contributed by atoms with van der Waals surface area (Å²) in [5, 5.41) is 21.0. The van der Waals surface area contributed by atoms with E-state index in [1.807, 2.05) is 0 Å². The molecule has 2 N–H and O–H groups in total. The first-order valence-corrected chi connectivity index (χ1v) is 6.38. The van der Waals surface area contributed by atoms with Crippen molar-refractivity contribution in [3.8, 4) is 0 Å². The number of nitrogens with one attached hydrogen (secondary N) is 1. The Morgan fingerprint density at radius 2 is 2.05 bits per heavy atom. The zero-order chi connectivity index (χ0) is 16.8. The average Bonchev–Trinajstić information content (AvgIpc) is 2.88. The van der Waals surface area contributed by atoms with Gasteiger partial charge in [0.1, 0.15) is 12.4 Å². The van der Waals surface area contributed by atoms with Crippen molar-refractivity contribution in [2.24, 2.45) is 5.92 Å². The average molecular weight is 324 g/mol. The van der Waals surface area contributed by atoms with Crippen LogP contribution in [-0.2, 0) is 11.3 Å². The number of carboxylic acid groups (broad SMARTS) is 1. The lowest BCUT2D eigenvalue weighted by Gasteiger charge is -2.21. The summed E-state index contributed by atoms with van der Waals surface area (Å²) in [6, 6.07) is 0. The molecule has 0 atom stereocenters. The summed E-state index contributed by atoms with van der Waals surface area (Å²) < 4.78 is 33.4. The number of halogens is 3. The number of aromatic nitrogens is 2. The molecule has 0 saturated carbocycles. The van der Waals surface area contributed by atoms with Gasteiger partial charge in [0.2, 0.25) is 0 Å². The number of piperidine rings is 1. The van der Waals surface area contributed by atoms with Crippen molar-refractivity contribution in [3.63, 3.8) is 0 Å². The third-order valence-electron chi connectivity index (χ3n) is 3.01. The molecular weight excluding hydrogens is 309 g/mol. The van der Waals surface area contributed by atoms with Crippen molar-refractivity contribution in [1.29, 1.82) is 0 Å². The van der Waals surface area contributed by atoms with E-state index in [-0.39, 0.29) is 5.95 Å². The fraction of sp³-hybridized carbons (Fsp3) is 0.636. The lowest BCUT2D eigenvalue weighted by atomic mass is 9.98. The fourth-order valence-corrected chi connectivity index (χ4v) is 1.96. The van der Waals surface area contributed by atoms with Crippen LogP contribution >= 0.6 is 0 Å². The van der Waals surface area contributed by atoms with Gasteiger partial charge in [0.25, 0.3) is 0 Å². The monoisotopic (exact) mass is 324 g/mol. The van der Waals surface area contributed by atoms with Crippen LogP contribution in [0.2, 0.25) is 0 Å². The second kappa shape index (κ2) is 7.73. The summed E-state index contributed by atoms with van der Waals surface area (Å²) in [4.78, 5) is 22.8. The Kier molecular flexibility index (Phi) is 6.28. The van der Waals surface area contributed by atoms with E-state index in [0.29, 0.717) is 12.5 Å². The minimum atomic E-state index is -5.08. The number of rotatable bonds is 3. The third kappa shape index (κ3) is 5.68. The predicted molar refractivity (Wildman–Crippen MR) is 68.2 cm³/mol. The second-order valence-electron chi connectivity index (χ2n) is 4.63. The number of carboxylic acids is 1. The van der Waals surface area contributed by atoms with Crippen molar-refractivity contribution in [1.82, 2.24) is 14.9 Å². The van der Waals surface area contributed by atoms with E-state index < -0.39 is 17.1 Å². The van der Waals surface area contributed by atoms with Gasteiger partial charge in [-0.1, -0.05) is 4.98 Å². The highest BCUT2D eigenvalue weighted by atomic mass is 19.4. The number of aliphatic carboxylic acids is 1. The molecule has 0 unspecified atom stereocenters. The van der Waals surface area contributed by atoms with E-state index in [4.69, 9.17) is 9.90 Å². The molecule has 1 aromatic rings. The molecule has 1 aromatic heterocycles. The van der Waals surface area contributed by atoms with Gasteiger partial charge in [-0.25, -0.2) is 9.36 Å². The molecule has 0 amide bonds. The van der Waals surface area contributed by atoms with Gasteiger partial charge < -0.3 is 20.5 Å². The molecule has 1 saturated heterocycles. The van der Waals surface area contributed by atoms with Gasteiger partial charge in [-0.15, -0.1) is 0 Å². The Labute approximate surface area is 123 Å². The standard InChI is InChI=1S/C9H14N4O2.C2HF3O2/c14-13(15)9-11-5-6-12(9)7-8-1-3-10-4-2-8;3-2(4,5)1(6)7/h5-6,8,10H,1-4,7H2;(H,6,7). The van der Waals surface area contributed by atoms with Crippen LogP contribution in [0.1, 0.15) is 12.8 Å². The zero-order valence-electron chi connectivity index (χ0n) is 11.4. The van der Waals surface area contributed by atoms with Crippen molar-refractivity contribution >= 4 is 11.9 Å². The van der Waals surface area contributed by atoms with Crippen molar-refractivity contribution in [3.05, 3.63) is 22.5 Å². The van der Waals surface area contributed by atoms with Gasteiger partial charge in [-0.05, 0) is 36.8 Å². The van der Waals surface area contributed by atoms with E-state index >= 15 is 0 Å². The minimum absolute atomic E-state index is 0.0477. The molecule has 1 aliphatic heterocycles. The van der Waals surface area contributed by atoms with E-state index in [9.17, 15) is 23.3 Å². The molecule has 0 aliphatic carbocycles. The molecule has 22 heavy (non-hydrogen) atoms. The molecular formula is C11H15F3N4O4. The first-order valence-electron chi connectivity index (χ1n) is 6.38. The van der Waals surface area contributed by atoms with Crippen LogP contribution in [0.15, 0.2) is 12.4 Å². The van der Waals surface area contributed by atoms with Gasteiger partial charge in [0.15, 0.2) is 0 Å². The number of imidazole rings is 1. The molecule has 124 valence electrons. The molecule has 8 nitrogen and oxygen atoms in total. The van der Waals surface area contributed by atoms with E-state index in [1.54, 1.807) is 10.8 Å². The smallest absolute Gasteiger partial charge is 0.475 e. The Hall–Kier alpha value is -2.17. The number of hydrogen-bond donors (Lipinski definition) is 2. The molecule has 0 radical (unpaired) electrons. The molecule has 1 aliphatic rings. The summed E-state index contributed by atoms with van der Waals surface area (Å²) in [7, 11) is 0. The van der Waals surface area contributed by atoms with Crippen molar-refractivity contribution < 1.29 is 28.0 Å². The molecule has 0 spiro atoms. The van der Waals surface area contributed by atoms with E-state index in [2.05, 4.69) is 10.3 Å². The highest BCUT2D eigenvalue weighted by molar-refractivity contribution is 5.73. The topological polar surface area (TPSA) is 110 Å². The maximum Gasteiger partial charge on any atom is 0.490 e. The molecule has 0 aromatic carbocycles. The third-order valence-corrected chi connectivity index (χ3v) is 3.01. The lowest BCUT2D eigenvalue weighted by Crippen LogP contribution is -2.29. The SMILES string of the molecule is O=C(O)C(F)(F)F.O=[N+]([O-])c1nccn1CC1CCNCC1. The largest absolute Gasteiger partial charge is 0.490 e. The predicted octanol–water partition coefficient (Wildman–Crippen LogP) is 1.42. The zero-order valence-corrected chi connectivity index (χ0v) is 11.4.